The molecular weight excluding hydrogens is 458 g/mol. The molecule has 0 atom stereocenters. The molecule has 0 aliphatic carbocycles. The molecule has 0 saturated carbocycles. The van der Waals surface area contributed by atoms with Crippen LogP contribution in [0.25, 0.3) is 5.69 Å². The molecule has 2 N–H and O–H groups in total. The van der Waals surface area contributed by atoms with Crippen LogP contribution in [0.15, 0.2) is 96.4 Å². The fraction of sp³-hybridized carbons (Fsp3) is 0.185. The van der Waals surface area contributed by atoms with Crippen molar-refractivity contribution in [3.8, 4) is 5.69 Å². The predicted molar refractivity (Wildman–Crippen MR) is 139 cm³/mol. The molecule has 7 nitrogen and oxygen atoms in total. The van der Waals surface area contributed by atoms with Crippen LogP contribution in [-0.2, 0) is 9.59 Å². The first-order valence-corrected chi connectivity index (χ1v) is 12.4. The maximum atomic E-state index is 12.6. The summed E-state index contributed by atoms with van der Waals surface area (Å²) >= 11 is 1.32. The van der Waals surface area contributed by atoms with Crippen molar-refractivity contribution < 1.29 is 9.59 Å². The van der Waals surface area contributed by atoms with E-state index < -0.39 is 0 Å². The Kier molecular flexibility index (Phi) is 8.30. The second-order valence-electron chi connectivity index (χ2n) is 8.02. The first kappa shape index (κ1) is 24.2. The van der Waals surface area contributed by atoms with E-state index in [-0.39, 0.29) is 23.5 Å². The lowest BCUT2D eigenvalue weighted by atomic mass is 9.88. The van der Waals surface area contributed by atoms with Gasteiger partial charge in [-0.25, -0.2) is 0 Å². The van der Waals surface area contributed by atoms with Gasteiger partial charge < -0.3 is 10.6 Å². The third-order valence-electron chi connectivity index (χ3n) is 5.45. The minimum atomic E-state index is -0.140. The molecule has 2 amide bonds. The predicted octanol–water partition coefficient (Wildman–Crippen LogP) is 4.66. The second-order valence-corrected chi connectivity index (χ2v) is 8.96. The molecule has 4 aromatic rings. The Bertz CT molecular complexity index is 1220. The fourth-order valence-electron chi connectivity index (χ4n) is 3.87. The fourth-order valence-corrected chi connectivity index (χ4v) is 4.63. The number of thioether (sulfide) groups is 1. The summed E-state index contributed by atoms with van der Waals surface area (Å²) in [6.45, 7) is 2.03. The zero-order chi connectivity index (χ0) is 24.5. The van der Waals surface area contributed by atoms with Gasteiger partial charge in [-0.2, -0.15) is 0 Å². The number of hydrogen-bond donors (Lipinski definition) is 2. The highest BCUT2D eigenvalue weighted by Crippen LogP contribution is 2.27. The minimum Gasteiger partial charge on any atom is -0.355 e. The molecule has 4 rings (SSSR count). The summed E-state index contributed by atoms with van der Waals surface area (Å²) in [4.78, 5) is 23.9. The lowest BCUT2D eigenvalue weighted by Crippen LogP contribution is -2.27. The Hall–Kier alpha value is -3.91. The third-order valence-corrected chi connectivity index (χ3v) is 6.40. The number of anilines is 1. The van der Waals surface area contributed by atoms with E-state index in [4.69, 9.17) is 0 Å². The Labute approximate surface area is 209 Å². The molecule has 178 valence electrons. The topological polar surface area (TPSA) is 88.9 Å². The van der Waals surface area contributed by atoms with Crippen LogP contribution < -0.4 is 10.6 Å². The summed E-state index contributed by atoms with van der Waals surface area (Å²) < 4.78 is 1.80. The summed E-state index contributed by atoms with van der Waals surface area (Å²) in [5.41, 5.74) is 3.95. The summed E-state index contributed by atoms with van der Waals surface area (Å²) in [6, 6.07) is 28.1. The van der Waals surface area contributed by atoms with Crippen LogP contribution in [0.1, 0.15) is 30.4 Å². The summed E-state index contributed by atoms with van der Waals surface area (Å²) in [7, 11) is 0. The average Bonchev–Trinajstić information content (AvgIpc) is 3.35. The van der Waals surface area contributed by atoms with Crippen molar-refractivity contribution >= 4 is 29.3 Å². The number of nitrogens with zero attached hydrogens (tertiary/aromatic N) is 3. The van der Waals surface area contributed by atoms with E-state index >= 15 is 0 Å². The van der Waals surface area contributed by atoms with E-state index in [1.165, 1.54) is 29.8 Å². The van der Waals surface area contributed by atoms with Crippen molar-refractivity contribution in [2.75, 3.05) is 17.6 Å². The van der Waals surface area contributed by atoms with Crippen LogP contribution in [0.4, 0.5) is 5.69 Å². The van der Waals surface area contributed by atoms with Gasteiger partial charge in [-0.3, -0.25) is 14.2 Å². The first-order chi connectivity index (χ1) is 17.1. The van der Waals surface area contributed by atoms with Gasteiger partial charge in [0, 0.05) is 25.1 Å². The van der Waals surface area contributed by atoms with E-state index in [0.29, 0.717) is 17.4 Å². The van der Waals surface area contributed by atoms with Gasteiger partial charge in [-0.15, -0.1) is 10.2 Å². The lowest BCUT2D eigenvalue weighted by Gasteiger charge is -2.18. The molecule has 35 heavy (non-hydrogen) atoms. The van der Waals surface area contributed by atoms with E-state index in [9.17, 15) is 9.59 Å². The monoisotopic (exact) mass is 485 g/mol. The van der Waals surface area contributed by atoms with Crippen LogP contribution in [0.5, 0.6) is 0 Å². The molecule has 1 aromatic heterocycles. The SMILES string of the molecule is CC(=O)Nc1cccc(-n2cnnc2SCC(=O)NCCC(c2ccccc2)c2ccccc2)c1. The zero-order valence-electron chi connectivity index (χ0n) is 19.4. The number of rotatable bonds is 10. The van der Waals surface area contributed by atoms with E-state index in [2.05, 4.69) is 45.1 Å². The summed E-state index contributed by atoms with van der Waals surface area (Å²) in [5.74, 6) is 0.241. The van der Waals surface area contributed by atoms with Gasteiger partial charge in [0.05, 0.1) is 11.4 Å². The van der Waals surface area contributed by atoms with Crippen LogP contribution in [0.3, 0.4) is 0 Å². The zero-order valence-corrected chi connectivity index (χ0v) is 20.2. The molecule has 0 aliphatic rings. The number of carbonyl (C=O) groups is 2. The van der Waals surface area contributed by atoms with Gasteiger partial charge >= 0.3 is 0 Å². The average molecular weight is 486 g/mol. The minimum absolute atomic E-state index is 0.0589. The van der Waals surface area contributed by atoms with Crippen molar-refractivity contribution in [3.63, 3.8) is 0 Å². The molecule has 8 heteroatoms. The number of amides is 2. The number of aromatic nitrogens is 3. The summed E-state index contributed by atoms with van der Waals surface area (Å²) in [6.07, 6.45) is 2.40. The van der Waals surface area contributed by atoms with Crippen molar-refractivity contribution in [2.24, 2.45) is 0 Å². The Morgan fingerprint density at radius 3 is 2.29 bits per heavy atom. The molecule has 0 saturated heterocycles. The lowest BCUT2D eigenvalue weighted by molar-refractivity contribution is -0.118. The number of carbonyl (C=O) groups excluding carboxylic acids is 2. The van der Waals surface area contributed by atoms with Gasteiger partial charge in [-0.1, -0.05) is 78.5 Å². The Morgan fingerprint density at radius 2 is 1.63 bits per heavy atom. The number of nitrogens with one attached hydrogen (secondary N) is 2. The van der Waals surface area contributed by atoms with Gasteiger partial charge in [0.1, 0.15) is 6.33 Å². The third kappa shape index (κ3) is 6.80. The molecule has 0 fully saturated rings. The van der Waals surface area contributed by atoms with Crippen molar-refractivity contribution in [1.29, 1.82) is 0 Å². The van der Waals surface area contributed by atoms with Crippen LogP contribution in [-0.4, -0.2) is 38.9 Å². The van der Waals surface area contributed by atoms with E-state index in [0.717, 1.165) is 12.1 Å². The second kappa shape index (κ2) is 12.0. The molecule has 0 radical (unpaired) electrons. The highest BCUT2D eigenvalue weighted by molar-refractivity contribution is 7.99. The largest absolute Gasteiger partial charge is 0.355 e. The van der Waals surface area contributed by atoms with Crippen LogP contribution in [0.2, 0.25) is 0 Å². The molecule has 3 aromatic carbocycles. The Balaban J connectivity index is 1.33. The number of benzene rings is 3. The standard InChI is InChI=1S/C27H27N5O2S/c1-20(33)30-23-13-8-14-24(17-23)32-19-29-31-27(32)35-18-26(34)28-16-15-25(21-9-4-2-5-10-21)22-11-6-3-7-12-22/h2-14,17,19,25H,15-16,18H2,1H3,(H,28,34)(H,30,33). The van der Waals surface area contributed by atoms with Crippen molar-refractivity contribution in [2.45, 2.75) is 24.4 Å². The molecule has 0 unspecified atom stereocenters. The van der Waals surface area contributed by atoms with Gasteiger partial charge in [-0.05, 0) is 35.7 Å². The molecule has 0 bridgehead atoms. The Morgan fingerprint density at radius 1 is 0.943 bits per heavy atom. The van der Waals surface area contributed by atoms with Gasteiger partial charge in [0.2, 0.25) is 11.8 Å². The van der Waals surface area contributed by atoms with Crippen molar-refractivity contribution in [1.82, 2.24) is 20.1 Å². The smallest absolute Gasteiger partial charge is 0.230 e. The molecule has 0 spiro atoms. The van der Waals surface area contributed by atoms with E-state index in [1.807, 2.05) is 60.7 Å². The van der Waals surface area contributed by atoms with Gasteiger partial charge in [0.25, 0.3) is 0 Å². The maximum Gasteiger partial charge on any atom is 0.230 e. The van der Waals surface area contributed by atoms with Gasteiger partial charge in [0.15, 0.2) is 5.16 Å². The maximum absolute atomic E-state index is 12.6. The number of hydrogen-bond acceptors (Lipinski definition) is 5. The van der Waals surface area contributed by atoms with Crippen LogP contribution >= 0.6 is 11.8 Å². The molecule has 1 heterocycles. The first-order valence-electron chi connectivity index (χ1n) is 11.4. The highest BCUT2D eigenvalue weighted by atomic mass is 32.2. The van der Waals surface area contributed by atoms with Crippen molar-refractivity contribution in [3.05, 3.63) is 102 Å². The van der Waals surface area contributed by atoms with Crippen LogP contribution in [0, 0.1) is 0 Å². The molecular formula is C27H27N5O2S. The summed E-state index contributed by atoms with van der Waals surface area (Å²) in [5, 5.41) is 14.6. The normalized spacial score (nSPS) is 10.8. The molecule has 0 aliphatic heterocycles. The quantitative estimate of drug-likeness (QED) is 0.319. The van der Waals surface area contributed by atoms with E-state index in [1.54, 1.807) is 10.9 Å². The highest BCUT2D eigenvalue weighted by Gasteiger charge is 2.15.